The first kappa shape index (κ1) is 18.0. The molecule has 0 saturated carbocycles. The molecule has 1 aliphatic rings. The van der Waals surface area contributed by atoms with Crippen molar-refractivity contribution in [2.24, 2.45) is 0 Å². The molecule has 8 heteroatoms. The third-order valence-corrected chi connectivity index (χ3v) is 4.58. The van der Waals surface area contributed by atoms with Crippen molar-refractivity contribution >= 4 is 11.8 Å². The third-order valence-electron chi connectivity index (χ3n) is 4.58. The number of anilines is 1. The number of aromatic nitrogens is 1. The number of amides is 1. The van der Waals surface area contributed by atoms with Gasteiger partial charge in [0.2, 0.25) is 17.5 Å². The molecule has 2 aromatic rings. The first-order valence-corrected chi connectivity index (χ1v) is 8.86. The van der Waals surface area contributed by atoms with E-state index in [1.807, 2.05) is 23.6 Å². The summed E-state index contributed by atoms with van der Waals surface area (Å²) in [6, 6.07) is 5.58. The van der Waals surface area contributed by atoms with Crippen LogP contribution in [0.1, 0.15) is 19.5 Å². The van der Waals surface area contributed by atoms with Crippen LogP contribution in [0.25, 0.3) is 11.7 Å². The topological polar surface area (TPSA) is 89.8 Å². The van der Waals surface area contributed by atoms with Crippen molar-refractivity contribution in [1.82, 2.24) is 14.8 Å². The van der Waals surface area contributed by atoms with Gasteiger partial charge < -0.3 is 18.6 Å². The zero-order valence-electron chi connectivity index (χ0n) is 15.1. The number of hydrogen-bond donors (Lipinski definition) is 0. The van der Waals surface area contributed by atoms with Gasteiger partial charge in [0.15, 0.2) is 5.76 Å². The highest BCUT2D eigenvalue weighted by Crippen LogP contribution is 2.29. The Bertz CT molecular complexity index is 765. The Morgan fingerprint density at radius 1 is 1.31 bits per heavy atom. The molecule has 1 saturated heterocycles. The third kappa shape index (κ3) is 3.73. The molecule has 1 aliphatic heterocycles. The predicted octanol–water partition coefficient (Wildman–Crippen LogP) is 1.80. The minimum atomic E-state index is 0.154. The van der Waals surface area contributed by atoms with E-state index in [0.29, 0.717) is 37.2 Å². The minimum absolute atomic E-state index is 0.154. The quantitative estimate of drug-likeness (QED) is 0.778. The van der Waals surface area contributed by atoms with Crippen molar-refractivity contribution < 1.29 is 13.6 Å². The molecule has 0 atom stereocenters. The van der Waals surface area contributed by atoms with Gasteiger partial charge in [-0.05, 0) is 26.0 Å². The maximum atomic E-state index is 12.2. The Kier molecular flexibility index (Phi) is 5.58. The summed E-state index contributed by atoms with van der Waals surface area (Å²) in [6.07, 6.45) is 1.54. The summed E-state index contributed by atoms with van der Waals surface area (Å²) in [6.45, 7) is 8.67. The number of furan rings is 1. The first-order chi connectivity index (χ1) is 12.7. The Balaban J connectivity index is 1.63. The number of nitrogens with zero attached hydrogens (tertiary/aromatic N) is 5. The van der Waals surface area contributed by atoms with Crippen LogP contribution in [-0.2, 0) is 4.79 Å². The van der Waals surface area contributed by atoms with Gasteiger partial charge in [-0.15, -0.1) is 0 Å². The van der Waals surface area contributed by atoms with E-state index in [2.05, 4.69) is 16.0 Å². The van der Waals surface area contributed by atoms with Crippen LogP contribution in [0.5, 0.6) is 0 Å². The first-order valence-electron chi connectivity index (χ1n) is 8.86. The fourth-order valence-corrected chi connectivity index (χ4v) is 3.08. The van der Waals surface area contributed by atoms with E-state index in [4.69, 9.17) is 8.83 Å². The van der Waals surface area contributed by atoms with E-state index in [9.17, 15) is 10.1 Å². The van der Waals surface area contributed by atoms with Crippen LogP contribution in [0, 0.1) is 11.3 Å². The summed E-state index contributed by atoms with van der Waals surface area (Å²) in [5.74, 6) is 1.42. The molecule has 2 aromatic heterocycles. The van der Waals surface area contributed by atoms with Crippen LogP contribution in [0.4, 0.5) is 5.88 Å². The number of hydrogen-bond acceptors (Lipinski definition) is 7. The van der Waals surface area contributed by atoms with Gasteiger partial charge in [-0.2, -0.15) is 10.2 Å². The molecular formula is C18H23N5O3. The molecule has 3 rings (SSSR count). The van der Waals surface area contributed by atoms with E-state index in [-0.39, 0.29) is 11.6 Å². The molecule has 3 heterocycles. The standard InChI is InChI=1S/C18H23N5O3/c1-3-22(4-2)16(24)13-21-7-9-23(10-8-21)18-14(12-19)20-17(26-18)15-6-5-11-25-15/h5-6,11H,3-4,7-10,13H2,1-2H3. The summed E-state index contributed by atoms with van der Waals surface area (Å²) >= 11 is 0. The van der Waals surface area contributed by atoms with E-state index >= 15 is 0 Å². The van der Waals surface area contributed by atoms with Crippen molar-refractivity contribution in [1.29, 1.82) is 5.26 Å². The zero-order valence-corrected chi connectivity index (χ0v) is 15.1. The number of oxazole rings is 1. The molecule has 0 spiro atoms. The van der Waals surface area contributed by atoms with Crippen LogP contribution in [0.15, 0.2) is 27.2 Å². The molecule has 8 nitrogen and oxygen atoms in total. The molecule has 0 bridgehead atoms. The monoisotopic (exact) mass is 357 g/mol. The average molecular weight is 357 g/mol. The largest absolute Gasteiger partial charge is 0.459 e. The lowest BCUT2D eigenvalue weighted by molar-refractivity contribution is -0.132. The van der Waals surface area contributed by atoms with Crippen molar-refractivity contribution in [3.8, 4) is 17.7 Å². The highest BCUT2D eigenvalue weighted by Gasteiger charge is 2.26. The second-order valence-electron chi connectivity index (χ2n) is 6.09. The van der Waals surface area contributed by atoms with Gasteiger partial charge in [0, 0.05) is 39.3 Å². The van der Waals surface area contributed by atoms with Gasteiger partial charge in [-0.3, -0.25) is 9.69 Å². The Morgan fingerprint density at radius 2 is 2.04 bits per heavy atom. The van der Waals surface area contributed by atoms with Crippen LogP contribution in [0.3, 0.4) is 0 Å². The highest BCUT2D eigenvalue weighted by molar-refractivity contribution is 5.78. The van der Waals surface area contributed by atoms with Crippen molar-refractivity contribution in [3.63, 3.8) is 0 Å². The van der Waals surface area contributed by atoms with Crippen molar-refractivity contribution in [2.45, 2.75) is 13.8 Å². The molecular weight excluding hydrogens is 334 g/mol. The number of carbonyl (C=O) groups excluding carboxylic acids is 1. The van der Waals surface area contributed by atoms with Gasteiger partial charge >= 0.3 is 0 Å². The lowest BCUT2D eigenvalue weighted by Gasteiger charge is -2.35. The molecule has 138 valence electrons. The Morgan fingerprint density at radius 3 is 2.62 bits per heavy atom. The maximum absolute atomic E-state index is 12.2. The van der Waals surface area contributed by atoms with Crippen LogP contribution in [-0.4, -0.2) is 66.5 Å². The maximum Gasteiger partial charge on any atom is 0.266 e. The molecule has 0 unspecified atom stereocenters. The molecule has 26 heavy (non-hydrogen) atoms. The van der Waals surface area contributed by atoms with Crippen LogP contribution < -0.4 is 4.90 Å². The minimum Gasteiger partial charge on any atom is -0.459 e. The number of nitriles is 1. The second-order valence-corrected chi connectivity index (χ2v) is 6.09. The van der Waals surface area contributed by atoms with Crippen molar-refractivity contribution in [2.75, 3.05) is 50.7 Å². The van der Waals surface area contributed by atoms with Crippen LogP contribution >= 0.6 is 0 Å². The lowest BCUT2D eigenvalue weighted by atomic mass is 10.3. The van der Waals surface area contributed by atoms with Gasteiger partial charge in [0.25, 0.3) is 5.89 Å². The number of piperazine rings is 1. The highest BCUT2D eigenvalue weighted by atomic mass is 16.4. The van der Waals surface area contributed by atoms with Gasteiger partial charge in [-0.1, -0.05) is 0 Å². The Hall–Kier alpha value is -2.79. The second kappa shape index (κ2) is 8.06. The summed E-state index contributed by atoms with van der Waals surface area (Å²) in [4.78, 5) is 22.4. The van der Waals surface area contributed by atoms with Crippen molar-refractivity contribution in [3.05, 3.63) is 24.1 Å². The number of rotatable bonds is 6. The zero-order chi connectivity index (χ0) is 18.5. The lowest BCUT2D eigenvalue weighted by Crippen LogP contribution is -2.50. The molecule has 0 radical (unpaired) electrons. The van der Waals surface area contributed by atoms with Gasteiger partial charge in [0.05, 0.1) is 12.8 Å². The summed E-state index contributed by atoms with van der Waals surface area (Å²) in [5.41, 5.74) is 0.254. The normalized spacial score (nSPS) is 15.0. The SMILES string of the molecule is CCN(CC)C(=O)CN1CCN(c2oc(-c3ccco3)nc2C#N)CC1. The van der Waals surface area contributed by atoms with Gasteiger partial charge in [0.1, 0.15) is 6.07 Å². The summed E-state index contributed by atoms with van der Waals surface area (Å²) in [7, 11) is 0. The summed E-state index contributed by atoms with van der Waals surface area (Å²) < 4.78 is 11.1. The average Bonchev–Trinajstić information content (AvgIpc) is 3.33. The molecule has 0 aliphatic carbocycles. The van der Waals surface area contributed by atoms with E-state index in [1.165, 1.54) is 6.26 Å². The fourth-order valence-electron chi connectivity index (χ4n) is 3.08. The number of carbonyl (C=O) groups is 1. The smallest absolute Gasteiger partial charge is 0.266 e. The van der Waals surface area contributed by atoms with Crippen LogP contribution in [0.2, 0.25) is 0 Å². The van der Waals surface area contributed by atoms with E-state index in [1.54, 1.807) is 12.1 Å². The molecule has 0 N–H and O–H groups in total. The molecule has 0 aromatic carbocycles. The fraction of sp³-hybridized carbons (Fsp3) is 0.500. The van der Waals surface area contributed by atoms with E-state index < -0.39 is 0 Å². The molecule has 1 fully saturated rings. The predicted molar refractivity (Wildman–Crippen MR) is 95.5 cm³/mol. The van der Waals surface area contributed by atoms with E-state index in [0.717, 1.165) is 26.2 Å². The van der Waals surface area contributed by atoms with Gasteiger partial charge in [-0.25, -0.2) is 0 Å². The molecule has 1 amide bonds. The summed E-state index contributed by atoms with van der Waals surface area (Å²) in [5, 5.41) is 9.36. The Labute approximate surface area is 152 Å². The number of likely N-dealkylation sites (N-methyl/N-ethyl adjacent to an activating group) is 1.